The highest BCUT2D eigenvalue weighted by Crippen LogP contribution is 2.13. The van der Waals surface area contributed by atoms with E-state index in [4.69, 9.17) is 14.6 Å². The van der Waals surface area contributed by atoms with Gasteiger partial charge in [-0.25, -0.2) is 4.79 Å². The molecule has 6 heteroatoms. The Morgan fingerprint density at radius 3 is 2.50 bits per heavy atom. The predicted molar refractivity (Wildman–Crippen MR) is 82.0 cm³/mol. The van der Waals surface area contributed by atoms with Gasteiger partial charge in [0.05, 0.1) is 6.61 Å². The van der Waals surface area contributed by atoms with Crippen molar-refractivity contribution in [1.29, 1.82) is 0 Å². The van der Waals surface area contributed by atoms with Crippen molar-refractivity contribution in [2.45, 2.75) is 32.2 Å². The Balaban J connectivity index is 2.42. The summed E-state index contributed by atoms with van der Waals surface area (Å²) in [5.41, 5.74) is 1.00. The first-order valence-corrected chi connectivity index (χ1v) is 7.29. The second kappa shape index (κ2) is 9.78. The number of carboxylic acid groups (broad SMARTS) is 1. The van der Waals surface area contributed by atoms with E-state index >= 15 is 0 Å². The monoisotopic (exact) mass is 309 g/mol. The predicted octanol–water partition coefficient (Wildman–Crippen LogP) is 1.62. The van der Waals surface area contributed by atoms with E-state index < -0.39 is 12.0 Å². The highest BCUT2D eigenvalue weighted by atomic mass is 16.5. The average molecular weight is 309 g/mol. The van der Waals surface area contributed by atoms with E-state index in [9.17, 15) is 9.59 Å². The van der Waals surface area contributed by atoms with Crippen LogP contribution < -0.4 is 10.1 Å². The van der Waals surface area contributed by atoms with Crippen LogP contribution in [0.2, 0.25) is 0 Å². The molecule has 0 aromatic heterocycles. The molecular formula is C16H23NO5. The summed E-state index contributed by atoms with van der Waals surface area (Å²) in [6.07, 6.45) is 1.04. The standard InChI is InChI=1S/C16H23NO5/c1-3-22-13-7-4-12(5-8-13)6-9-15(18)17-14(16(19)20)10-11-21-2/h4-5,7-8,14H,3,6,9-11H2,1-2H3,(H,17,18)(H,19,20). The molecule has 0 fully saturated rings. The van der Waals surface area contributed by atoms with Crippen LogP contribution in [0.5, 0.6) is 5.75 Å². The molecule has 1 unspecified atom stereocenters. The highest BCUT2D eigenvalue weighted by molar-refractivity contribution is 5.83. The molecule has 22 heavy (non-hydrogen) atoms. The number of amides is 1. The number of ether oxygens (including phenoxy) is 2. The summed E-state index contributed by atoms with van der Waals surface area (Å²) in [6.45, 7) is 2.82. The van der Waals surface area contributed by atoms with Crippen molar-refractivity contribution in [1.82, 2.24) is 5.32 Å². The van der Waals surface area contributed by atoms with Gasteiger partial charge in [0.2, 0.25) is 5.91 Å². The topological polar surface area (TPSA) is 84.9 Å². The minimum absolute atomic E-state index is 0.241. The number of rotatable bonds is 10. The van der Waals surface area contributed by atoms with Crippen molar-refractivity contribution >= 4 is 11.9 Å². The number of methoxy groups -OCH3 is 1. The summed E-state index contributed by atoms with van der Waals surface area (Å²) < 4.78 is 10.2. The Morgan fingerprint density at radius 1 is 1.27 bits per heavy atom. The van der Waals surface area contributed by atoms with Crippen molar-refractivity contribution in [2.75, 3.05) is 20.3 Å². The van der Waals surface area contributed by atoms with E-state index in [2.05, 4.69) is 5.32 Å². The zero-order chi connectivity index (χ0) is 16.4. The number of nitrogens with one attached hydrogen (secondary N) is 1. The van der Waals surface area contributed by atoms with Gasteiger partial charge in [-0.2, -0.15) is 0 Å². The van der Waals surface area contributed by atoms with Gasteiger partial charge in [-0.3, -0.25) is 4.79 Å². The Labute approximate surface area is 130 Å². The lowest BCUT2D eigenvalue weighted by atomic mass is 10.1. The van der Waals surface area contributed by atoms with Crippen molar-refractivity contribution in [2.24, 2.45) is 0 Å². The first-order valence-electron chi connectivity index (χ1n) is 7.29. The molecule has 0 aliphatic heterocycles. The van der Waals surface area contributed by atoms with Crippen LogP contribution in [0.1, 0.15) is 25.3 Å². The fourth-order valence-corrected chi connectivity index (χ4v) is 1.94. The van der Waals surface area contributed by atoms with Crippen molar-refractivity contribution in [3.05, 3.63) is 29.8 Å². The van der Waals surface area contributed by atoms with Gasteiger partial charge in [-0.1, -0.05) is 12.1 Å². The number of carboxylic acids is 1. The molecule has 0 bridgehead atoms. The molecule has 0 radical (unpaired) electrons. The van der Waals surface area contributed by atoms with E-state index in [1.54, 1.807) is 0 Å². The van der Waals surface area contributed by atoms with Crippen molar-refractivity contribution in [3.8, 4) is 5.75 Å². The number of hydrogen-bond acceptors (Lipinski definition) is 4. The zero-order valence-corrected chi connectivity index (χ0v) is 13.0. The van der Waals surface area contributed by atoms with Crippen molar-refractivity contribution < 1.29 is 24.2 Å². The fraction of sp³-hybridized carbons (Fsp3) is 0.500. The van der Waals surface area contributed by atoms with Gasteiger partial charge in [0.15, 0.2) is 0 Å². The SMILES string of the molecule is CCOc1ccc(CCC(=O)NC(CCOC)C(=O)O)cc1. The van der Waals surface area contributed by atoms with Crippen LogP contribution >= 0.6 is 0 Å². The first kappa shape index (κ1) is 18.0. The van der Waals surface area contributed by atoms with Gasteiger partial charge in [-0.15, -0.1) is 0 Å². The number of hydrogen-bond donors (Lipinski definition) is 2. The summed E-state index contributed by atoms with van der Waals surface area (Å²) >= 11 is 0. The minimum Gasteiger partial charge on any atom is -0.494 e. The van der Waals surface area contributed by atoms with E-state index in [1.165, 1.54) is 7.11 Å². The summed E-state index contributed by atoms with van der Waals surface area (Å²) in [7, 11) is 1.49. The first-order chi connectivity index (χ1) is 10.6. The largest absolute Gasteiger partial charge is 0.494 e. The molecular weight excluding hydrogens is 286 g/mol. The molecule has 1 aromatic carbocycles. The third-order valence-corrected chi connectivity index (χ3v) is 3.12. The van der Waals surface area contributed by atoms with Gasteiger partial charge < -0.3 is 19.9 Å². The van der Waals surface area contributed by atoms with Crippen LogP contribution in [0.15, 0.2) is 24.3 Å². The summed E-state index contributed by atoms with van der Waals surface area (Å²) in [5.74, 6) is -0.537. The van der Waals surface area contributed by atoms with E-state index in [0.29, 0.717) is 13.0 Å². The van der Waals surface area contributed by atoms with E-state index in [1.807, 2.05) is 31.2 Å². The van der Waals surface area contributed by atoms with Gasteiger partial charge in [0, 0.05) is 26.6 Å². The minimum atomic E-state index is -1.05. The number of benzene rings is 1. The van der Waals surface area contributed by atoms with Gasteiger partial charge in [-0.05, 0) is 31.0 Å². The van der Waals surface area contributed by atoms with Crippen LogP contribution in [0.25, 0.3) is 0 Å². The van der Waals surface area contributed by atoms with E-state index in [0.717, 1.165) is 11.3 Å². The van der Waals surface area contributed by atoms with Gasteiger partial charge >= 0.3 is 5.97 Å². The molecule has 0 heterocycles. The third-order valence-electron chi connectivity index (χ3n) is 3.12. The Morgan fingerprint density at radius 2 is 1.95 bits per heavy atom. The quantitative estimate of drug-likeness (QED) is 0.686. The highest BCUT2D eigenvalue weighted by Gasteiger charge is 2.19. The van der Waals surface area contributed by atoms with Gasteiger partial charge in [0.1, 0.15) is 11.8 Å². The molecule has 1 rings (SSSR count). The number of carbonyl (C=O) groups excluding carboxylic acids is 1. The molecule has 1 atom stereocenters. The van der Waals surface area contributed by atoms with Crippen LogP contribution in [0.4, 0.5) is 0 Å². The number of carbonyl (C=O) groups is 2. The lowest BCUT2D eigenvalue weighted by Gasteiger charge is -2.14. The van der Waals surface area contributed by atoms with Crippen LogP contribution in [-0.4, -0.2) is 43.3 Å². The smallest absolute Gasteiger partial charge is 0.326 e. The molecule has 0 aliphatic carbocycles. The molecule has 0 saturated heterocycles. The van der Waals surface area contributed by atoms with Crippen molar-refractivity contribution in [3.63, 3.8) is 0 Å². The molecule has 0 aliphatic rings. The van der Waals surface area contributed by atoms with Crippen LogP contribution in [-0.2, 0) is 20.7 Å². The summed E-state index contributed by atoms with van der Waals surface area (Å²) in [6, 6.07) is 6.60. The normalized spacial score (nSPS) is 11.7. The third kappa shape index (κ3) is 6.58. The average Bonchev–Trinajstić information content (AvgIpc) is 2.50. The maximum atomic E-state index is 11.8. The number of aliphatic carboxylic acids is 1. The molecule has 122 valence electrons. The zero-order valence-electron chi connectivity index (χ0n) is 13.0. The summed E-state index contributed by atoms with van der Waals surface area (Å²) in [4.78, 5) is 22.9. The lowest BCUT2D eigenvalue weighted by molar-refractivity contribution is -0.142. The second-order valence-electron chi connectivity index (χ2n) is 4.82. The molecule has 0 spiro atoms. The Bertz CT molecular complexity index is 472. The van der Waals surface area contributed by atoms with Crippen LogP contribution in [0, 0.1) is 0 Å². The maximum Gasteiger partial charge on any atom is 0.326 e. The molecule has 1 aromatic rings. The second-order valence-corrected chi connectivity index (χ2v) is 4.82. The van der Waals surface area contributed by atoms with Crippen LogP contribution in [0.3, 0.4) is 0 Å². The molecule has 1 amide bonds. The van der Waals surface area contributed by atoms with E-state index in [-0.39, 0.29) is 25.4 Å². The maximum absolute atomic E-state index is 11.8. The fourth-order valence-electron chi connectivity index (χ4n) is 1.94. The lowest BCUT2D eigenvalue weighted by Crippen LogP contribution is -2.41. The van der Waals surface area contributed by atoms with Gasteiger partial charge in [0.25, 0.3) is 0 Å². The Hall–Kier alpha value is -2.08. The molecule has 6 nitrogen and oxygen atoms in total. The molecule has 0 saturated carbocycles. The number of aryl methyl sites for hydroxylation is 1. The summed E-state index contributed by atoms with van der Waals surface area (Å²) in [5, 5.41) is 11.5. The Kier molecular flexibility index (Phi) is 7.99. The molecule has 2 N–H and O–H groups in total.